The Morgan fingerprint density at radius 2 is 2.56 bits per heavy atom. The largest absolute Gasteiger partial charge is 0.484 e. The number of nitrogens with zero attached hydrogens (tertiary/aromatic N) is 1. The third-order valence-corrected chi connectivity index (χ3v) is 1.38. The predicted molar refractivity (Wildman–Crippen MR) is 37.6 cm³/mol. The van der Waals surface area contributed by atoms with Crippen LogP contribution in [0.1, 0.15) is 12.8 Å². The maximum atomic E-state index is 5.58. The molecule has 0 unspecified atom stereocenters. The number of hydrogen-bond donors (Lipinski definition) is 0. The molecule has 0 aliphatic carbocycles. The third kappa shape index (κ3) is 1.72. The number of allylic oxidation sites excluding steroid dienone is 1. The topological polar surface area (TPSA) is 21.6 Å². The van der Waals surface area contributed by atoms with E-state index in [0.29, 0.717) is 5.16 Å². The van der Waals surface area contributed by atoms with Gasteiger partial charge in [0.2, 0.25) is 0 Å². The summed E-state index contributed by atoms with van der Waals surface area (Å²) in [5.74, 6) is 0.725. The van der Waals surface area contributed by atoms with Gasteiger partial charge in [-0.1, -0.05) is 11.6 Å². The molecular formula is C6H8ClNO. The molecule has 9 heavy (non-hydrogen) atoms. The molecule has 1 aliphatic heterocycles. The number of hydrogen-bond acceptors (Lipinski definition) is 2. The lowest BCUT2D eigenvalue weighted by Crippen LogP contribution is -2.03. The number of ether oxygens (including phenoxy) is 1. The highest BCUT2D eigenvalue weighted by atomic mass is 35.5. The Hall–Kier alpha value is -0.500. The van der Waals surface area contributed by atoms with Crippen molar-refractivity contribution < 1.29 is 4.74 Å². The SMILES string of the molecule is COC1=NC(Cl)=CCC1. The Morgan fingerprint density at radius 1 is 1.78 bits per heavy atom. The summed E-state index contributed by atoms with van der Waals surface area (Å²) in [5.41, 5.74) is 0. The summed E-state index contributed by atoms with van der Waals surface area (Å²) in [6.45, 7) is 0. The van der Waals surface area contributed by atoms with Gasteiger partial charge in [-0.05, 0) is 12.5 Å². The van der Waals surface area contributed by atoms with Gasteiger partial charge in [-0.3, -0.25) is 0 Å². The molecule has 2 nitrogen and oxygen atoms in total. The summed E-state index contributed by atoms with van der Waals surface area (Å²) >= 11 is 5.58. The molecule has 0 radical (unpaired) electrons. The van der Waals surface area contributed by atoms with Gasteiger partial charge in [-0.15, -0.1) is 0 Å². The highest BCUT2D eigenvalue weighted by molar-refractivity contribution is 6.30. The summed E-state index contributed by atoms with van der Waals surface area (Å²) in [6.07, 6.45) is 3.68. The fraction of sp³-hybridized carbons (Fsp3) is 0.500. The second-order valence-electron chi connectivity index (χ2n) is 1.78. The number of halogens is 1. The van der Waals surface area contributed by atoms with Crippen LogP contribution in [0.25, 0.3) is 0 Å². The van der Waals surface area contributed by atoms with E-state index in [1.54, 1.807) is 7.11 Å². The van der Waals surface area contributed by atoms with Gasteiger partial charge in [0.15, 0.2) is 5.90 Å². The zero-order valence-electron chi connectivity index (χ0n) is 5.22. The van der Waals surface area contributed by atoms with Gasteiger partial charge < -0.3 is 4.74 Å². The van der Waals surface area contributed by atoms with Gasteiger partial charge >= 0.3 is 0 Å². The Kier molecular flexibility index (Phi) is 2.11. The molecule has 3 heteroatoms. The van der Waals surface area contributed by atoms with Crippen molar-refractivity contribution in [3.8, 4) is 0 Å². The summed E-state index contributed by atoms with van der Waals surface area (Å²) < 4.78 is 4.89. The van der Waals surface area contributed by atoms with Crippen molar-refractivity contribution in [2.24, 2.45) is 4.99 Å². The predicted octanol–water partition coefficient (Wildman–Crippen LogP) is 1.91. The average molecular weight is 146 g/mol. The van der Waals surface area contributed by atoms with Gasteiger partial charge in [0, 0.05) is 6.42 Å². The van der Waals surface area contributed by atoms with Gasteiger partial charge in [-0.2, -0.15) is 0 Å². The van der Waals surface area contributed by atoms with E-state index in [2.05, 4.69) is 4.99 Å². The molecule has 0 bridgehead atoms. The van der Waals surface area contributed by atoms with E-state index in [4.69, 9.17) is 16.3 Å². The molecule has 0 atom stereocenters. The lowest BCUT2D eigenvalue weighted by atomic mass is 10.3. The molecular weight excluding hydrogens is 138 g/mol. The highest BCUT2D eigenvalue weighted by Crippen LogP contribution is 2.13. The lowest BCUT2D eigenvalue weighted by molar-refractivity contribution is 0.389. The summed E-state index contributed by atoms with van der Waals surface area (Å²) in [4.78, 5) is 3.92. The minimum absolute atomic E-state index is 0.540. The first-order valence-corrected chi connectivity index (χ1v) is 3.18. The monoisotopic (exact) mass is 145 g/mol. The van der Waals surface area contributed by atoms with E-state index in [1.807, 2.05) is 6.08 Å². The maximum Gasteiger partial charge on any atom is 0.189 e. The molecule has 0 spiro atoms. The number of methoxy groups -OCH3 is 1. The summed E-state index contributed by atoms with van der Waals surface area (Å²) in [5, 5.41) is 0.540. The zero-order valence-corrected chi connectivity index (χ0v) is 5.98. The summed E-state index contributed by atoms with van der Waals surface area (Å²) in [6, 6.07) is 0. The zero-order chi connectivity index (χ0) is 6.69. The Morgan fingerprint density at radius 3 is 3.00 bits per heavy atom. The molecule has 0 aromatic heterocycles. The number of aliphatic imine (C=N–C) groups is 1. The van der Waals surface area contributed by atoms with Gasteiger partial charge in [0.1, 0.15) is 5.16 Å². The van der Waals surface area contributed by atoms with Crippen LogP contribution in [0, 0.1) is 0 Å². The molecule has 0 saturated heterocycles. The second-order valence-corrected chi connectivity index (χ2v) is 2.16. The van der Waals surface area contributed by atoms with E-state index in [-0.39, 0.29) is 0 Å². The molecule has 1 heterocycles. The highest BCUT2D eigenvalue weighted by Gasteiger charge is 2.03. The summed E-state index contributed by atoms with van der Waals surface area (Å²) in [7, 11) is 1.61. The molecule has 0 aromatic carbocycles. The first-order valence-electron chi connectivity index (χ1n) is 2.80. The lowest BCUT2D eigenvalue weighted by Gasteiger charge is -2.06. The van der Waals surface area contributed by atoms with Crippen molar-refractivity contribution in [2.75, 3.05) is 7.11 Å². The molecule has 0 amide bonds. The molecule has 0 fully saturated rings. The minimum Gasteiger partial charge on any atom is -0.484 e. The first kappa shape index (κ1) is 6.62. The van der Waals surface area contributed by atoms with Gasteiger partial charge in [0.05, 0.1) is 7.11 Å². The van der Waals surface area contributed by atoms with Crippen molar-refractivity contribution >= 4 is 17.5 Å². The molecule has 1 aliphatic rings. The minimum atomic E-state index is 0.540. The van der Waals surface area contributed by atoms with Crippen LogP contribution in [-0.2, 0) is 4.74 Å². The smallest absolute Gasteiger partial charge is 0.189 e. The van der Waals surface area contributed by atoms with Crippen LogP contribution >= 0.6 is 11.6 Å². The van der Waals surface area contributed by atoms with Gasteiger partial charge in [-0.25, -0.2) is 4.99 Å². The Balaban J connectivity index is 2.63. The molecule has 0 saturated carbocycles. The van der Waals surface area contributed by atoms with E-state index in [0.717, 1.165) is 18.7 Å². The molecule has 50 valence electrons. The average Bonchev–Trinajstić information content (AvgIpc) is 1.88. The van der Waals surface area contributed by atoms with Crippen molar-refractivity contribution in [1.29, 1.82) is 0 Å². The van der Waals surface area contributed by atoms with Crippen LogP contribution < -0.4 is 0 Å². The van der Waals surface area contributed by atoms with Crippen LogP contribution in [0.4, 0.5) is 0 Å². The van der Waals surface area contributed by atoms with Crippen molar-refractivity contribution in [3.63, 3.8) is 0 Å². The van der Waals surface area contributed by atoms with E-state index in [9.17, 15) is 0 Å². The van der Waals surface area contributed by atoms with Gasteiger partial charge in [0.25, 0.3) is 0 Å². The fourth-order valence-corrected chi connectivity index (χ4v) is 0.887. The Bertz CT molecular complexity index is 162. The van der Waals surface area contributed by atoms with E-state index >= 15 is 0 Å². The van der Waals surface area contributed by atoms with Crippen LogP contribution in [0.15, 0.2) is 16.2 Å². The van der Waals surface area contributed by atoms with Crippen LogP contribution in [0.2, 0.25) is 0 Å². The van der Waals surface area contributed by atoms with E-state index in [1.165, 1.54) is 0 Å². The molecule has 1 rings (SSSR count). The quantitative estimate of drug-likeness (QED) is 0.477. The number of rotatable bonds is 0. The molecule has 0 N–H and O–H groups in total. The van der Waals surface area contributed by atoms with Crippen LogP contribution in [0.3, 0.4) is 0 Å². The molecule has 0 aromatic rings. The standard InChI is InChI=1S/C6H8ClNO/c1-9-6-4-2-3-5(7)8-6/h3H,2,4H2,1H3. The fourth-order valence-electron chi connectivity index (χ4n) is 0.683. The van der Waals surface area contributed by atoms with E-state index < -0.39 is 0 Å². The first-order chi connectivity index (χ1) is 4.33. The van der Waals surface area contributed by atoms with Crippen LogP contribution in [0.5, 0.6) is 0 Å². The second kappa shape index (κ2) is 2.87. The maximum absolute atomic E-state index is 5.58. The van der Waals surface area contributed by atoms with Crippen molar-refractivity contribution in [1.82, 2.24) is 0 Å². The Labute approximate surface area is 59.2 Å². The normalized spacial score (nSPS) is 18.4. The van der Waals surface area contributed by atoms with Crippen molar-refractivity contribution in [3.05, 3.63) is 11.2 Å². The van der Waals surface area contributed by atoms with Crippen molar-refractivity contribution in [2.45, 2.75) is 12.8 Å². The van der Waals surface area contributed by atoms with Crippen LogP contribution in [-0.4, -0.2) is 13.0 Å². The third-order valence-electron chi connectivity index (χ3n) is 1.14.